The molecule has 2 bridgehead atoms. The molecule has 3 heterocycles. The van der Waals surface area contributed by atoms with Crippen molar-refractivity contribution in [3.05, 3.63) is 104 Å². The van der Waals surface area contributed by atoms with E-state index in [4.69, 9.17) is 11.6 Å². The summed E-state index contributed by atoms with van der Waals surface area (Å²) in [7, 11) is 0. The van der Waals surface area contributed by atoms with Gasteiger partial charge in [-0.25, -0.2) is 4.39 Å². The van der Waals surface area contributed by atoms with Crippen molar-refractivity contribution in [2.75, 3.05) is 10.2 Å². The van der Waals surface area contributed by atoms with E-state index >= 15 is 0 Å². The number of anilines is 2. The van der Waals surface area contributed by atoms with Gasteiger partial charge in [0.05, 0.1) is 22.5 Å². The first kappa shape index (κ1) is 28.5. The zero-order valence-corrected chi connectivity index (χ0v) is 25.8. The summed E-state index contributed by atoms with van der Waals surface area (Å²) in [5.74, 6) is -2.66. The number of amides is 3. The quantitative estimate of drug-likeness (QED) is 0.209. The van der Waals surface area contributed by atoms with Gasteiger partial charge < -0.3 is 10.4 Å². The van der Waals surface area contributed by atoms with Gasteiger partial charge in [0.1, 0.15) is 18.1 Å². The van der Waals surface area contributed by atoms with Gasteiger partial charge in [0.25, 0.3) is 0 Å². The second kappa shape index (κ2) is 10.6. The number of nitrogens with zero attached hydrogens (tertiary/aromatic N) is 2. The van der Waals surface area contributed by atoms with Crippen molar-refractivity contribution >= 4 is 63.8 Å². The molecule has 12 heteroatoms. The van der Waals surface area contributed by atoms with E-state index in [1.807, 2.05) is 24.3 Å². The molecule has 3 aromatic carbocycles. The number of hydrogen-bond donors (Lipinski definition) is 2. The molecule has 8 nitrogen and oxygen atoms in total. The number of phenols is 1. The average Bonchev–Trinajstić information content (AvgIpc) is 3.74. The summed E-state index contributed by atoms with van der Waals surface area (Å²) in [6.45, 7) is -0.195. The lowest BCUT2D eigenvalue weighted by molar-refractivity contribution is -0.123. The van der Waals surface area contributed by atoms with Crippen LogP contribution in [0.4, 0.5) is 15.8 Å². The maximum Gasteiger partial charge on any atom is 0.308 e. The Kier molecular flexibility index (Phi) is 6.70. The van der Waals surface area contributed by atoms with Crippen molar-refractivity contribution in [1.82, 2.24) is 4.57 Å². The standard InChI is InChI=1S/C33H25ClFN3O5S2/c34-16-3-1-15(2-4-16)24-25-21-13-22(27-26(21)30(41)38(31(27)42)19-9-5-17(35)6-10-19)28(25)44-32-29(24)45-33(43)37(32)14-23(40)36-18-7-11-20(39)12-8-18/h1-12,21-22,24-28,39H,13-14H2,(H,36,40). The van der Waals surface area contributed by atoms with Gasteiger partial charge in [-0.05, 0) is 90.4 Å². The van der Waals surface area contributed by atoms with Crippen LogP contribution in [0.25, 0.3) is 0 Å². The molecule has 2 saturated carbocycles. The number of aromatic nitrogens is 1. The van der Waals surface area contributed by atoms with Gasteiger partial charge in [-0.1, -0.05) is 35.1 Å². The third-order valence-electron chi connectivity index (χ3n) is 9.72. The van der Waals surface area contributed by atoms with E-state index in [1.165, 1.54) is 45.9 Å². The maximum atomic E-state index is 13.9. The Balaban J connectivity index is 1.17. The minimum absolute atomic E-state index is 0.0165. The average molecular weight is 662 g/mol. The van der Waals surface area contributed by atoms with Crippen molar-refractivity contribution in [2.45, 2.75) is 29.2 Å². The molecule has 7 atom stereocenters. The highest BCUT2D eigenvalue weighted by Gasteiger charge is 2.69. The fraction of sp³-hybridized carbons (Fsp3) is 0.273. The number of phenolic OH excluding ortho intramolecular Hbond substituents is 1. The lowest BCUT2D eigenvalue weighted by Gasteiger charge is -2.43. The summed E-state index contributed by atoms with van der Waals surface area (Å²) in [6, 6.07) is 19.1. The highest BCUT2D eigenvalue weighted by atomic mass is 35.5. The van der Waals surface area contributed by atoms with Crippen molar-refractivity contribution in [1.29, 1.82) is 0 Å². The molecule has 4 aromatic rings. The number of hydrogen-bond acceptors (Lipinski definition) is 7. The highest BCUT2D eigenvalue weighted by molar-refractivity contribution is 8.00. The smallest absolute Gasteiger partial charge is 0.308 e. The summed E-state index contributed by atoms with van der Waals surface area (Å²) < 4.78 is 15.2. The van der Waals surface area contributed by atoms with Crippen LogP contribution >= 0.6 is 34.7 Å². The predicted octanol–water partition coefficient (Wildman–Crippen LogP) is 5.72. The summed E-state index contributed by atoms with van der Waals surface area (Å²) in [5.41, 5.74) is 1.84. The Bertz CT molecular complexity index is 1930. The van der Waals surface area contributed by atoms with Gasteiger partial charge in [0.15, 0.2) is 0 Å². The first-order valence-electron chi connectivity index (χ1n) is 14.6. The molecule has 0 radical (unpaired) electrons. The molecule has 0 spiro atoms. The zero-order valence-electron chi connectivity index (χ0n) is 23.4. The van der Waals surface area contributed by atoms with E-state index in [1.54, 1.807) is 23.9 Å². The topological polar surface area (TPSA) is 109 Å². The zero-order chi connectivity index (χ0) is 31.1. The Hall–Kier alpha value is -3.93. The van der Waals surface area contributed by atoms with Gasteiger partial charge in [-0.2, -0.15) is 0 Å². The first-order valence-corrected chi connectivity index (χ1v) is 16.6. The van der Waals surface area contributed by atoms with Crippen molar-refractivity contribution < 1.29 is 23.9 Å². The normalized spacial score (nSPS) is 27.8. The number of aromatic hydroxyl groups is 1. The van der Waals surface area contributed by atoms with E-state index in [2.05, 4.69) is 5.32 Å². The van der Waals surface area contributed by atoms with Crippen molar-refractivity contribution in [3.63, 3.8) is 0 Å². The fourth-order valence-corrected chi connectivity index (χ4v) is 11.3. The van der Waals surface area contributed by atoms with Crippen molar-refractivity contribution in [2.24, 2.45) is 29.6 Å². The lowest BCUT2D eigenvalue weighted by atomic mass is 9.68. The van der Waals surface area contributed by atoms with E-state index in [0.717, 1.165) is 28.2 Å². The van der Waals surface area contributed by atoms with Crippen LogP contribution in [0.3, 0.4) is 0 Å². The summed E-state index contributed by atoms with van der Waals surface area (Å²) in [5, 5.41) is 13.6. The molecule has 2 N–H and O–H groups in total. The third kappa shape index (κ3) is 4.46. The third-order valence-corrected chi connectivity index (χ3v) is 12.8. The second-order valence-electron chi connectivity index (χ2n) is 12.0. The van der Waals surface area contributed by atoms with Crippen LogP contribution in [-0.4, -0.2) is 32.6 Å². The molecule has 3 fully saturated rings. The Morgan fingerprint density at radius 3 is 2.29 bits per heavy atom. The minimum atomic E-state index is -0.495. The van der Waals surface area contributed by atoms with Gasteiger partial charge in [-0.3, -0.25) is 28.6 Å². The lowest BCUT2D eigenvalue weighted by Crippen LogP contribution is -2.43. The van der Waals surface area contributed by atoms with E-state index in [0.29, 0.717) is 21.4 Å². The van der Waals surface area contributed by atoms with Crippen molar-refractivity contribution in [3.8, 4) is 5.75 Å². The highest BCUT2D eigenvalue weighted by Crippen LogP contribution is 2.69. The van der Waals surface area contributed by atoms with Crippen LogP contribution in [0.15, 0.2) is 82.6 Å². The van der Waals surface area contributed by atoms with Gasteiger partial charge in [0, 0.05) is 26.8 Å². The van der Waals surface area contributed by atoms with Crippen LogP contribution in [0, 0.1) is 35.4 Å². The van der Waals surface area contributed by atoms with Crippen LogP contribution < -0.4 is 15.1 Å². The van der Waals surface area contributed by atoms with Crippen LogP contribution in [0.2, 0.25) is 5.02 Å². The largest absolute Gasteiger partial charge is 0.508 e. The summed E-state index contributed by atoms with van der Waals surface area (Å²) in [6.07, 6.45) is 0.719. The maximum absolute atomic E-state index is 13.9. The molecule has 2 aliphatic carbocycles. The molecule has 1 saturated heterocycles. The molecule has 4 aliphatic rings. The number of rotatable bonds is 5. The molecule has 1 aromatic heterocycles. The number of nitrogens with one attached hydrogen (secondary N) is 1. The SMILES string of the molecule is O=C(Cn1c2c(sc1=O)C(c1ccc(Cl)cc1)C1C3CC(C1S2)C1C(=O)N(c2ccc(F)cc2)C(=O)C31)Nc1ccc(O)cc1. The molecule has 7 unspecified atom stereocenters. The minimum Gasteiger partial charge on any atom is -0.508 e. The van der Waals surface area contributed by atoms with Crippen LogP contribution in [-0.2, 0) is 20.9 Å². The second-order valence-corrected chi connectivity index (χ2v) is 14.6. The van der Waals surface area contributed by atoms with Gasteiger partial charge in [-0.15, -0.1) is 11.8 Å². The van der Waals surface area contributed by atoms with Crippen LogP contribution in [0.1, 0.15) is 22.8 Å². The molecule has 3 amide bonds. The molecule has 8 rings (SSSR count). The number of thiazole rings is 1. The summed E-state index contributed by atoms with van der Waals surface area (Å²) >= 11 is 8.92. The Morgan fingerprint density at radius 2 is 1.60 bits per heavy atom. The molecule has 228 valence electrons. The number of halogens is 2. The number of thioether (sulfide) groups is 1. The van der Waals surface area contributed by atoms with Gasteiger partial charge >= 0.3 is 4.87 Å². The van der Waals surface area contributed by atoms with E-state index in [9.17, 15) is 28.7 Å². The predicted molar refractivity (Wildman–Crippen MR) is 169 cm³/mol. The molecular weight excluding hydrogens is 637 g/mol. The molecule has 45 heavy (non-hydrogen) atoms. The molecule has 2 aliphatic heterocycles. The Morgan fingerprint density at radius 1 is 0.933 bits per heavy atom. The number of carbonyl (C=O) groups excluding carboxylic acids is 3. The number of benzene rings is 3. The number of carbonyl (C=O) groups is 3. The van der Waals surface area contributed by atoms with E-state index < -0.39 is 17.7 Å². The van der Waals surface area contributed by atoms with E-state index in [-0.39, 0.29) is 63.8 Å². The monoisotopic (exact) mass is 661 g/mol. The summed E-state index contributed by atoms with van der Waals surface area (Å²) in [4.78, 5) is 56.2. The van der Waals surface area contributed by atoms with Gasteiger partial charge in [0.2, 0.25) is 17.7 Å². The number of fused-ring (bicyclic) bond motifs is 9. The number of imide groups is 1. The Labute approximate surface area is 269 Å². The first-order chi connectivity index (χ1) is 21.7. The fourth-order valence-electron chi connectivity index (χ4n) is 8.03. The molecular formula is C33H25ClFN3O5S2. The van der Waals surface area contributed by atoms with Crippen LogP contribution in [0.5, 0.6) is 5.75 Å².